The lowest BCUT2D eigenvalue weighted by Crippen LogP contribution is -2.49. The number of carbonyl (C=O) groups is 4. The first-order valence-corrected chi connectivity index (χ1v) is 12.1. The van der Waals surface area contributed by atoms with E-state index in [1.165, 1.54) is 12.1 Å². The van der Waals surface area contributed by atoms with Crippen LogP contribution in [0.25, 0.3) is 0 Å². The first-order chi connectivity index (χ1) is 17.8. The molecule has 13 heteroatoms. The zero-order valence-corrected chi connectivity index (χ0v) is 20.7. The smallest absolute Gasteiger partial charge is 0.326 e. The number of urea groups is 1. The number of aryl methyl sites for hydroxylation is 1. The molecule has 0 spiro atoms. The van der Waals surface area contributed by atoms with E-state index in [9.17, 15) is 23.6 Å². The minimum atomic E-state index is -1.14. The summed E-state index contributed by atoms with van der Waals surface area (Å²) in [6.07, 6.45) is 3.74. The van der Waals surface area contributed by atoms with Crippen molar-refractivity contribution in [3.63, 3.8) is 0 Å². The van der Waals surface area contributed by atoms with E-state index in [1.807, 2.05) is 0 Å². The van der Waals surface area contributed by atoms with Gasteiger partial charge < -0.3 is 25.8 Å². The van der Waals surface area contributed by atoms with Gasteiger partial charge in [0.2, 0.25) is 5.91 Å². The van der Waals surface area contributed by atoms with Crippen molar-refractivity contribution in [3.05, 3.63) is 47.5 Å². The number of unbranched alkanes of at least 4 members (excludes halogenated alkanes) is 1. The van der Waals surface area contributed by atoms with Gasteiger partial charge in [-0.15, -0.1) is 5.10 Å². The van der Waals surface area contributed by atoms with Gasteiger partial charge in [-0.2, -0.15) is 0 Å². The average molecular weight is 520 g/mol. The predicted octanol–water partition coefficient (Wildman–Crippen LogP) is 1.74. The third-order valence-electron chi connectivity index (χ3n) is 5.36. The van der Waals surface area contributed by atoms with Crippen molar-refractivity contribution in [3.8, 4) is 0 Å². The molecule has 2 rings (SSSR count). The summed E-state index contributed by atoms with van der Waals surface area (Å²) in [5, 5.41) is 24.8. The maximum atomic E-state index is 13.0. The molecule has 37 heavy (non-hydrogen) atoms. The zero-order chi connectivity index (χ0) is 27.0. The van der Waals surface area contributed by atoms with Crippen LogP contribution in [0.15, 0.2) is 30.5 Å². The van der Waals surface area contributed by atoms with E-state index in [4.69, 9.17) is 9.84 Å². The summed E-state index contributed by atoms with van der Waals surface area (Å²) in [6, 6.07) is 4.33. The number of carbonyl (C=O) groups excluding carboxylic acids is 3. The maximum Gasteiger partial charge on any atom is 0.326 e. The molecule has 1 aromatic carbocycles. The van der Waals surface area contributed by atoms with Crippen molar-refractivity contribution in [1.29, 1.82) is 0 Å². The van der Waals surface area contributed by atoms with Crippen LogP contribution >= 0.6 is 0 Å². The minimum Gasteiger partial charge on any atom is -0.480 e. The molecule has 0 saturated heterocycles. The van der Waals surface area contributed by atoms with Gasteiger partial charge in [0.25, 0.3) is 6.47 Å². The summed E-state index contributed by atoms with van der Waals surface area (Å²) in [5.74, 6) is -1.60. The van der Waals surface area contributed by atoms with Gasteiger partial charge in [0, 0.05) is 32.0 Å². The molecule has 2 aromatic rings. The normalized spacial score (nSPS) is 12.3. The second kappa shape index (κ2) is 15.9. The van der Waals surface area contributed by atoms with Crippen LogP contribution in [0, 0.1) is 5.82 Å². The molecule has 12 nitrogen and oxygen atoms in total. The molecule has 0 bridgehead atoms. The molecule has 0 aliphatic heterocycles. The van der Waals surface area contributed by atoms with E-state index < -0.39 is 24.3 Å². The molecule has 202 valence electrons. The Morgan fingerprint density at radius 3 is 2.59 bits per heavy atom. The van der Waals surface area contributed by atoms with E-state index in [1.54, 1.807) is 29.9 Å². The fourth-order valence-corrected chi connectivity index (χ4v) is 3.45. The number of nitrogens with one attached hydrogen (secondary N) is 3. The number of hydrogen-bond donors (Lipinski definition) is 4. The third kappa shape index (κ3) is 11.5. The highest BCUT2D eigenvalue weighted by Crippen LogP contribution is 2.06. The number of ether oxygens (including phenoxy) is 1. The van der Waals surface area contributed by atoms with Crippen LogP contribution in [-0.4, -0.2) is 63.3 Å². The van der Waals surface area contributed by atoms with Crippen molar-refractivity contribution < 1.29 is 33.4 Å². The van der Waals surface area contributed by atoms with Gasteiger partial charge in [-0.25, -0.2) is 18.7 Å². The molecule has 0 aliphatic carbocycles. The Balaban J connectivity index is 1.63. The number of benzene rings is 1. The predicted molar refractivity (Wildman–Crippen MR) is 130 cm³/mol. The van der Waals surface area contributed by atoms with E-state index in [2.05, 4.69) is 26.3 Å². The topological polar surface area (TPSA) is 165 Å². The highest BCUT2D eigenvalue weighted by Gasteiger charge is 2.21. The van der Waals surface area contributed by atoms with Crippen molar-refractivity contribution >= 4 is 24.4 Å². The standard InChI is InChI=1S/C24H33FN6O6/c1-2-5-20(23(34)35)27-24(36)28-22(37-16-32)6-3-4-13-26-21(33)12-11-19-15-31(30-29-19)14-17-7-9-18(25)10-8-17/h7-10,15-16,20,22H,2-6,11-14H2,1H3,(H,26,33)(H,34,35)(H2,27,28,36)/t20-,22+/m0/s1/i25-1. The Morgan fingerprint density at radius 2 is 1.92 bits per heavy atom. The van der Waals surface area contributed by atoms with Crippen LogP contribution in [0.1, 0.15) is 56.7 Å². The Bertz CT molecular complexity index is 1020. The Labute approximate surface area is 213 Å². The highest BCUT2D eigenvalue weighted by atomic mass is 18.2. The molecule has 2 atom stereocenters. The van der Waals surface area contributed by atoms with E-state index >= 15 is 0 Å². The summed E-state index contributed by atoms with van der Waals surface area (Å²) in [6.45, 7) is 2.86. The summed E-state index contributed by atoms with van der Waals surface area (Å²) >= 11 is 0. The molecule has 0 fully saturated rings. The average Bonchev–Trinajstić information content (AvgIpc) is 3.31. The SMILES string of the molecule is CCC[C@H](NC(=O)N[C@@H](CCCCNC(=O)CCc1cn(Cc2ccc([18F])cc2)nn1)OC=O)C(=O)O. The summed E-state index contributed by atoms with van der Waals surface area (Å²) in [5.41, 5.74) is 1.55. The summed E-state index contributed by atoms with van der Waals surface area (Å²) < 4.78 is 19.5. The van der Waals surface area contributed by atoms with Crippen molar-refractivity contribution in [2.24, 2.45) is 0 Å². The molecule has 0 radical (unpaired) electrons. The molecule has 0 unspecified atom stereocenters. The number of amides is 3. The van der Waals surface area contributed by atoms with Crippen molar-refractivity contribution in [2.75, 3.05) is 6.54 Å². The first kappa shape index (κ1) is 29.2. The lowest BCUT2D eigenvalue weighted by atomic mass is 10.2. The second-order valence-corrected chi connectivity index (χ2v) is 8.40. The van der Waals surface area contributed by atoms with Gasteiger partial charge in [-0.3, -0.25) is 9.59 Å². The van der Waals surface area contributed by atoms with Crippen LogP contribution in [0.5, 0.6) is 0 Å². The van der Waals surface area contributed by atoms with Gasteiger partial charge >= 0.3 is 12.0 Å². The number of aromatic nitrogens is 3. The first-order valence-electron chi connectivity index (χ1n) is 12.1. The molecular weight excluding hydrogens is 486 g/mol. The van der Waals surface area contributed by atoms with Crippen LogP contribution in [0.2, 0.25) is 0 Å². The van der Waals surface area contributed by atoms with Crippen molar-refractivity contribution in [2.45, 2.75) is 70.7 Å². The number of carboxylic acid groups (broad SMARTS) is 1. The Kier molecular flexibility index (Phi) is 12.5. The number of rotatable bonds is 17. The highest BCUT2D eigenvalue weighted by molar-refractivity contribution is 5.82. The fourth-order valence-electron chi connectivity index (χ4n) is 3.45. The lowest BCUT2D eigenvalue weighted by Gasteiger charge is -2.19. The quantitative estimate of drug-likeness (QED) is 0.139. The molecule has 0 aliphatic rings. The molecule has 1 aromatic heterocycles. The number of nitrogens with zero attached hydrogens (tertiary/aromatic N) is 3. The Morgan fingerprint density at radius 1 is 1.16 bits per heavy atom. The van der Waals surface area contributed by atoms with Gasteiger partial charge in [0.1, 0.15) is 11.9 Å². The Hall–Kier alpha value is -4.03. The number of halogens is 1. The van der Waals surface area contributed by atoms with Crippen LogP contribution < -0.4 is 16.0 Å². The second-order valence-electron chi connectivity index (χ2n) is 8.40. The fraction of sp³-hybridized carbons (Fsp3) is 0.500. The largest absolute Gasteiger partial charge is 0.480 e. The van der Waals surface area contributed by atoms with Crippen LogP contribution in [-0.2, 0) is 32.1 Å². The number of hydrogen-bond acceptors (Lipinski definition) is 7. The molecular formula is C24H33FN6O6. The van der Waals surface area contributed by atoms with E-state index in [-0.39, 0.29) is 31.0 Å². The zero-order valence-electron chi connectivity index (χ0n) is 20.7. The summed E-state index contributed by atoms with van der Waals surface area (Å²) in [7, 11) is 0. The summed E-state index contributed by atoms with van der Waals surface area (Å²) in [4.78, 5) is 46.0. The van der Waals surface area contributed by atoms with Crippen LogP contribution in [0.4, 0.5) is 9.18 Å². The van der Waals surface area contributed by atoms with Crippen molar-refractivity contribution in [1.82, 2.24) is 30.9 Å². The van der Waals surface area contributed by atoms with E-state index in [0.717, 1.165) is 5.56 Å². The number of aliphatic carboxylic acids is 1. The monoisotopic (exact) mass is 519 g/mol. The van der Waals surface area contributed by atoms with Gasteiger partial charge in [0.05, 0.1) is 12.2 Å². The maximum absolute atomic E-state index is 13.0. The van der Waals surface area contributed by atoms with Crippen LogP contribution in [0.3, 0.4) is 0 Å². The van der Waals surface area contributed by atoms with Gasteiger partial charge in [-0.05, 0) is 37.0 Å². The molecule has 4 N–H and O–H groups in total. The third-order valence-corrected chi connectivity index (χ3v) is 5.36. The van der Waals surface area contributed by atoms with E-state index in [0.29, 0.717) is 50.9 Å². The molecule has 1 heterocycles. The number of carboxylic acids is 1. The minimum absolute atomic E-state index is 0.151. The molecule has 3 amide bonds. The molecule has 0 saturated carbocycles. The van der Waals surface area contributed by atoms with Gasteiger partial charge in [0.15, 0.2) is 6.23 Å². The van der Waals surface area contributed by atoms with Gasteiger partial charge in [-0.1, -0.05) is 30.7 Å². The lowest BCUT2D eigenvalue weighted by molar-refractivity contribution is -0.139.